The van der Waals surface area contributed by atoms with Crippen LogP contribution in [0.15, 0.2) is 42.6 Å². The number of nitrogens with zero attached hydrogens (tertiary/aromatic N) is 2. The summed E-state index contributed by atoms with van der Waals surface area (Å²) in [6.07, 6.45) is 6.01. The number of aliphatic hydroxyl groups is 1. The highest BCUT2D eigenvalue weighted by Gasteiger charge is 2.72. The van der Waals surface area contributed by atoms with E-state index in [-0.39, 0.29) is 11.8 Å². The fourth-order valence-corrected chi connectivity index (χ4v) is 8.23. The molecule has 8 rings (SSSR count). The van der Waals surface area contributed by atoms with E-state index in [0.29, 0.717) is 22.2 Å². The van der Waals surface area contributed by atoms with Gasteiger partial charge in [-0.3, -0.25) is 9.88 Å². The van der Waals surface area contributed by atoms with Crippen LogP contribution >= 0.6 is 23.2 Å². The lowest BCUT2D eigenvalue weighted by Crippen LogP contribution is -2.74. The number of benzene rings is 2. The zero-order valence-corrected chi connectivity index (χ0v) is 21.2. The molecule has 7 heteroatoms. The van der Waals surface area contributed by atoms with Crippen molar-refractivity contribution < 1.29 is 14.9 Å². The average molecular weight is 521 g/mol. The fraction of sp³-hybridized carbons (Fsp3) is 0.414. The van der Waals surface area contributed by atoms with E-state index in [0.717, 1.165) is 59.8 Å². The Labute approximate surface area is 219 Å². The minimum absolute atomic E-state index is 0.00290. The van der Waals surface area contributed by atoms with E-state index < -0.39 is 17.1 Å². The zero-order valence-electron chi connectivity index (χ0n) is 19.7. The van der Waals surface area contributed by atoms with Gasteiger partial charge in [-0.2, -0.15) is 0 Å². The number of fused-ring (bicyclic) bond motifs is 2. The standard InChI is InChI=1S/C29H26Cl2N2O3/c30-19-4-5-20(21(31)11-19)18-9-17-12-29(35)23-10-16-3-6-22(34)26-24(16)28(29,27(36-26)25(17)32-13-18)7-8-33(23)14-15-1-2-15/h3-6,9,11,13,15,23,27,34-35H,1-2,7-8,10,12,14H2/t23-,27+,28+,29-/m1/s1. The fourth-order valence-electron chi connectivity index (χ4n) is 7.71. The molecule has 2 fully saturated rings. The third-order valence-corrected chi connectivity index (χ3v) is 10.0. The van der Waals surface area contributed by atoms with Gasteiger partial charge in [0.15, 0.2) is 17.6 Å². The maximum Gasteiger partial charge on any atom is 0.166 e. The number of ether oxygens (including phenoxy) is 1. The van der Waals surface area contributed by atoms with Crippen molar-refractivity contribution in [2.45, 2.75) is 55.3 Å². The van der Waals surface area contributed by atoms with Crippen molar-refractivity contribution in [1.82, 2.24) is 9.88 Å². The van der Waals surface area contributed by atoms with Crippen LogP contribution in [0.2, 0.25) is 10.0 Å². The molecule has 5 nitrogen and oxygen atoms in total. The summed E-state index contributed by atoms with van der Waals surface area (Å²) in [7, 11) is 0. The monoisotopic (exact) mass is 520 g/mol. The Balaban J connectivity index is 1.32. The number of hydrogen-bond donors (Lipinski definition) is 2. The van der Waals surface area contributed by atoms with Crippen LogP contribution < -0.4 is 4.74 Å². The predicted octanol–water partition coefficient (Wildman–Crippen LogP) is 5.46. The first-order chi connectivity index (χ1) is 17.4. The first kappa shape index (κ1) is 21.7. The molecule has 1 spiro atoms. The van der Waals surface area contributed by atoms with Crippen molar-refractivity contribution in [3.05, 3.63) is 75.0 Å². The normalized spacial score (nSPS) is 31.5. The molecule has 0 unspecified atom stereocenters. The van der Waals surface area contributed by atoms with Crippen molar-refractivity contribution in [2.24, 2.45) is 5.92 Å². The lowest BCUT2D eigenvalue weighted by Gasteiger charge is -2.63. The molecule has 184 valence electrons. The van der Waals surface area contributed by atoms with Crippen molar-refractivity contribution in [3.63, 3.8) is 0 Å². The number of likely N-dealkylation sites (tertiary alicyclic amines) is 1. The van der Waals surface area contributed by atoms with Gasteiger partial charge in [0.1, 0.15) is 0 Å². The molecule has 0 amide bonds. The van der Waals surface area contributed by atoms with E-state index in [4.69, 9.17) is 32.9 Å². The Hall–Kier alpha value is -2.31. The summed E-state index contributed by atoms with van der Waals surface area (Å²) in [6, 6.07) is 11.3. The SMILES string of the molecule is Oc1ccc2c3c1O[C@H]1c4ncc(-c5ccc(Cl)cc5Cl)cc4C[C@@]4(O)[C@@H](C2)N(CC2CC2)CC[C@]314. The summed E-state index contributed by atoms with van der Waals surface area (Å²) in [5, 5.41) is 24.8. The molecule has 3 aromatic rings. The molecule has 2 bridgehead atoms. The summed E-state index contributed by atoms with van der Waals surface area (Å²) in [5.74, 6) is 1.42. The maximum absolute atomic E-state index is 12.8. The minimum Gasteiger partial charge on any atom is -0.504 e. The van der Waals surface area contributed by atoms with E-state index in [1.807, 2.05) is 24.4 Å². The second-order valence-corrected chi connectivity index (χ2v) is 12.2. The topological polar surface area (TPSA) is 65.8 Å². The van der Waals surface area contributed by atoms with Gasteiger partial charge in [0, 0.05) is 51.9 Å². The van der Waals surface area contributed by atoms with Crippen LogP contribution in [0, 0.1) is 5.92 Å². The smallest absolute Gasteiger partial charge is 0.166 e. The summed E-state index contributed by atoms with van der Waals surface area (Å²) < 4.78 is 6.58. The zero-order chi connectivity index (χ0) is 24.4. The quantitative estimate of drug-likeness (QED) is 0.479. The molecular formula is C29H26Cl2N2O3. The Morgan fingerprint density at radius 3 is 2.78 bits per heavy atom. The molecule has 2 aliphatic heterocycles. The van der Waals surface area contributed by atoms with Crippen LogP contribution in [-0.4, -0.2) is 44.8 Å². The molecule has 3 aliphatic carbocycles. The van der Waals surface area contributed by atoms with Crippen molar-refractivity contribution >= 4 is 23.2 Å². The number of phenols is 1. The summed E-state index contributed by atoms with van der Waals surface area (Å²) in [6.45, 7) is 1.96. The Kier molecular flexibility index (Phi) is 4.33. The third kappa shape index (κ3) is 2.67. The molecule has 4 atom stereocenters. The van der Waals surface area contributed by atoms with E-state index in [1.54, 1.807) is 12.1 Å². The van der Waals surface area contributed by atoms with Crippen LogP contribution in [0.1, 0.15) is 47.8 Å². The highest BCUT2D eigenvalue weighted by atomic mass is 35.5. The molecule has 2 N–H and O–H groups in total. The first-order valence-corrected chi connectivity index (χ1v) is 13.6. The number of hydrogen-bond acceptors (Lipinski definition) is 5. The van der Waals surface area contributed by atoms with Gasteiger partial charge in [0.25, 0.3) is 0 Å². The first-order valence-electron chi connectivity index (χ1n) is 12.8. The highest BCUT2D eigenvalue weighted by Crippen LogP contribution is 2.68. The summed E-state index contributed by atoms with van der Waals surface area (Å²) in [5.41, 5.74) is 4.15. The highest BCUT2D eigenvalue weighted by molar-refractivity contribution is 6.36. The van der Waals surface area contributed by atoms with Crippen molar-refractivity contribution in [2.75, 3.05) is 13.1 Å². The van der Waals surface area contributed by atoms with E-state index in [9.17, 15) is 10.2 Å². The molecular weight excluding hydrogens is 495 g/mol. The van der Waals surface area contributed by atoms with Crippen LogP contribution in [0.4, 0.5) is 0 Å². The Morgan fingerprint density at radius 2 is 1.97 bits per heavy atom. The molecule has 36 heavy (non-hydrogen) atoms. The second-order valence-electron chi connectivity index (χ2n) is 11.3. The van der Waals surface area contributed by atoms with Gasteiger partial charge in [-0.1, -0.05) is 35.3 Å². The average Bonchev–Trinajstić information content (AvgIpc) is 3.58. The Bertz CT molecular complexity index is 1460. The maximum atomic E-state index is 12.8. The van der Waals surface area contributed by atoms with Crippen molar-refractivity contribution in [1.29, 1.82) is 0 Å². The molecule has 1 aromatic heterocycles. The minimum atomic E-state index is -1.02. The van der Waals surface area contributed by atoms with Gasteiger partial charge in [0.05, 0.1) is 16.7 Å². The number of halogens is 2. The number of aromatic hydroxyl groups is 1. The summed E-state index contributed by atoms with van der Waals surface area (Å²) >= 11 is 12.7. The molecule has 3 heterocycles. The number of piperidine rings is 1. The van der Waals surface area contributed by atoms with Crippen LogP contribution in [0.25, 0.3) is 11.1 Å². The third-order valence-electron chi connectivity index (χ3n) is 9.47. The molecule has 1 saturated carbocycles. The van der Waals surface area contributed by atoms with Crippen LogP contribution in [0.3, 0.4) is 0 Å². The molecule has 0 radical (unpaired) electrons. The lowest BCUT2D eigenvalue weighted by atomic mass is 9.49. The molecule has 5 aliphatic rings. The van der Waals surface area contributed by atoms with Crippen LogP contribution in [-0.2, 0) is 18.3 Å². The number of phenolic OH excluding ortho intramolecular Hbond substituents is 1. The summed E-state index contributed by atoms with van der Waals surface area (Å²) in [4.78, 5) is 7.46. The predicted molar refractivity (Wildman–Crippen MR) is 138 cm³/mol. The Morgan fingerprint density at radius 1 is 1.11 bits per heavy atom. The van der Waals surface area contributed by atoms with Gasteiger partial charge in [-0.05, 0) is 73.5 Å². The van der Waals surface area contributed by atoms with Crippen LogP contribution in [0.5, 0.6) is 11.5 Å². The van der Waals surface area contributed by atoms with Gasteiger partial charge < -0.3 is 14.9 Å². The molecule has 2 aromatic carbocycles. The van der Waals surface area contributed by atoms with Crippen molar-refractivity contribution in [3.8, 4) is 22.6 Å². The number of rotatable bonds is 3. The van der Waals surface area contributed by atoms with Gasteiger partial charge in [-0.15, -0.1) is 0 Å². The largest absolute Gasteiger partial charge is 0.504 e. The van der Waals surface area contributed by atoms with E-state index in [1.165, 1.54) is 18.4 Å². The number of aromatic nitrogens is 1. The molecule has 1 saturated heterocycles. The second kappa shape index (κ2) is 7.16. The van der Waals surface area contributed by atoms with E-state index in [2.05, 4.69) is 11.0 Å². The lowest BCUT2D eigenvalue weighted by molar-refractivity contribution is -0.173. The van der Waals surface area contributed by atoms with Gasteiger partial charge >= 0.3 is 0 Å². The van der Waals surface area contributed by atoms with E-state index >= 15 is 0 Å². The van der Waals surface area contributed by atoms with Gasteiger partial charge in [0.2, 0.25) is 0 Å². The van der Waals surface area contributed by atoms with Gasteiger partial charge in [-0.25, -0.2) is 0 Å². The number of pyridine rings is 1.